The van der Waals surface area contributed by atoms with Gasteiger partial charge in [-0.1, -0.05) is 17.4 Å². The van der Waals surface area contributed by atoms with Crippen LogP contribution in [-0.4, -0.2) is 4.92 Å². The maximum Gasteiger partial charge on any atom is 0.324 e. The number of hydrogen-bond acceptors (Lipinski definition) is 4. The van der Waals surface area contributed by atoms with Gasteiger partial charge in [0.2, 0.25) is 0 Å². The number of halogens is 1. The molecule has 1 aromatic rings. The number of thiophene rings is 1. The Hall–Kier alpha value is -0.910. The molecular formula is C9H13ClN2O2S. The van der Waals surface area contributed by atoms with Crippen molar-refractivity contribution in [3.8, 4) is 0 Å². The second kappa shape index (κ2) is 6.55. The molecule has 0 aromatic carbocycles. The largest absolute Gasteiger partial charge is 0.324 e. The fourth-order valence-electron chi connectivity index (χ4n) is 1.09. The van der Waals surface area contributed by atoms with Gasteiger partial charge in [0, 0.05) is 17.5 Å². The summed E-state index contributed by atoms with van der Waals surface area (Å²) in [6.45, 7) is 3.60. The van der Waals surface area contributed by atoms with Gasteiger partial charge in [0.1, 0.15) is 0 Å². The summed E-state index contributed by atoms with van der Waals surface area (Å²) in [6.07, 6.45) is 3.39. The quantitative estimate of drug-likeness (QED) is 0.495. The molecule has 84 valence electrons. The Balaban J connectivity index is 0.00000196. The molecule has 0 amide bonds. The fraction of sp³-hybridized carbons (Fsp3) is 0.333. The van der Waals surface area contributed by atoms with Gasteiger partial charge in [-0.3, -0.25) is 10.1 Å². The van der Waals surface area contributed by atoms with Gasteiger partial charge in [-0.15, -0.1) is 19.0 Å². The highest BCUT2D eigenvalue weighted by molar-refractivity contribution is 7.13. The highest BCUT2D eigenvalue weighted by atomic mass is 35.5. The molecule has 1 rings (SSSR count). The minimum atomic E-state index is -0.394. The first-order valence-corrected chi connectivity index (χ1v) is 5.12. The van der Waals surface area contributed by atoms with Gasteiger partial charge in [-0.05, 0) is 18.4 Å². The molecule has 1 aromatic heterocycles. The molecule has 0 aliphatic heterocycles. The number of hydrogen-bond donors (Lipinski definition) is 1. The van der Waals surface area contributed by atoms with Crippen LogP contribution in [0, 0.1) is 10.1 Å². The van der Waals surface area contributed by atoms with E-state index in [4.69, 9.17) is 5.73 Å². The van der Waals surface area contributed by atoms with Crippen molar-refractivity contribution >= 4 is 28.7 Å². The van der Waals surface area contributed by atoms with Gasteiger partial charge < -0.3 is 5.73 Å². The normalized spacial score (nSPS) is 11.5. The van der Waals surface area contributed by atoms with Crippen LogP contribution < -0.4 is 5.73 Å². The molecular weight excluding hydrogens is 236 g/mol. The summed E-state index contributed by atoms with van der Waals surface area (Å²) in [5.74, 6) is 0. The Morgan fingerprint density at radius 3 is 2.87 bits per heavy atom. The zero-order chi connectivity index (χ0) is 10.6. The van der Waals surface area contributed by atoms with Gasteiger partial charge in [-0.25, -0.2) is 0 Å². The zero-order valence-electron chi connectivity index (χ0n) is 8.09. The molecule has 0 saturated carbocycles. The van der Waals surface area contributed by atoms with E-state index in [-0.39, 0.29) is 23.4 Å². The average molecular weight is 249 g/mol. The molecule has 0 aliphatic carbocycles. The molecule has 2 N–H and O–H groups in total. The van der Waals surface area contributed by atoms with E-state index in [1.54, 1.807) is 17.5 Å². The van der Waals surface area contributed by atoms with E-state index in [1.807, 2.05) is 0 Å². The van der Waals surface area contributed by atoms with Crippen LogP contribution in [0.15, 0.2) is 24.1 Å². The number of allylic oxidation sites excluding steroid dienone is 1. The Morgan fingerprint density at radius 1 is 1.73 bits per heavy atom. The van der Waals surface area contributed by atoms with Crippen molar-refractivity contribution in [1.82, 2.24) is 0 Å². The topological polar surface area (TPSA) is 69.2 Å². The molecule has 0 bridgehead atoms. The minimum absolute atomic E-state index is 0. The minimum Gasteiger partial charge on any atom is -0.324 e. The summed E-state index contributed by atoms with van der Waals surface area (Å²) in [7, 11) is 0. The van der Waals surface area contributed by atoms with Crippen LogP contribution in [0.1, 0.15) is 24.4 Å². The van der Waals surface area contributed by atoms with Crippen molar-refractivity contribution in [2.45, 2.75) is 18.9 Å². The van der Waals surface area contributed by atoms with Crippen LogP contribution in [0.2, 0.25) is 0 Å². The first-order valence-electron chi connectivity index (χ1n) is 4.24. The monoisotopic (exact) mass is 248 g/mol. The van der Waals surface area contributed by atoms with Crippen LogP contribution in [0.25, 0.3) is 0 Å². The Kier molecular flexibility index (Phi) is 6.15. The molecule has 0 aliphatic rings. The lowest BCUT2D eigenvalue weighted by molar-refractivity contribution is -0.380. The van der Waals surface area contributed by atoms with Crippen molar-refractivity contribution in [3.05, 3.63) is 39.8 Å². The highest BCUT2D eigenvalue weighted by Crippen LogP contribution is 2.27. The van der Waals surface area contributed by atoms with Crippen LogP contribution in [0.4, 0.5) is 5.00 Å². The predicted molar refractivity (Wildman–Crippen MR) is 64.6 cm³/mol. The second-order valence-electron chi connectivity index (χ2n) is 2.95. The summed E-state index contributed by atoms with van der Waals surface area (Å²) in [5.41, 5.74) is 6.67. The number of nitrogens with two attached hydrogens (primary N) is 1. The van der Waals surface area contributed by atoms with Crippen LogP contribution in [-0.2, 0) is 0 Å². The third-order valence-corrected chi connectivity index (χ3v) is 2.79. The summed E-state index contributed by atoms with van der Waals surface area (Å²) < 4.78 is 0. The van der Waals surface area contributed by atoms with Crippen molar-refractivity contribution in [1.29, 1.82) is 0 Å². The van der Waals surface area contributed by atoms with Gasteiger partial charge in [0.05, 0.1) is 4.92 Å². The molecule has 1 heterocycles. The van der Waals surface area contributed by atoms with Gasteiger partial charge >= 0.3 is 5.00 Å². The summed E-state index contributed by atoms with van der Waals surface area (Å²) in [6, 6.07) is 1.41. The molecule has 1 atom stereocenters. The summed E-state index contributed by atoms with van der Waals surface area (Å²) in [4.78, 5) is 10.0. The lowest BCUT2D eigenvalue weighted by atomic mass is 10.1. The van der Waals surface area contributed by atoms with E-state index in [1.165, 1.54) is 0 Å². The van der Waals surface area contributed by atoms with Crippen molar-refractivity contribution in [3.63, 3.8) is 0 Å². The standard InChI is InChI=1S/C9H12N2O2S.ClH/c1-2-3-4-8(10)7-5-9(11(12)13)14-6-7;/h2,5-6,8H,1,3-4,10H2;1H/t8-;/m1./s1. The lowest BCUT2D eigenvalue weighted by Crippen LogP contribution is -2.08. The zero-order valence-corrected chi connectivity index (χ0v) is 9.72. The summed E-state index contributed by atoms with van der Waals surface area (Å²) >= 11 is 1.11. The number of nitro groups is 1. The van der Waals surface area contributed by atoms with Crippen LogP contribution in [0.3, 0.4) is 0 Å². The van der Waals surface area contributed by atoms with Gasteiger partial charge in [-0.2, -0.15) is 0 Å². The van der Waals surface area contributed by atoms with E-state index < -0.39 is 4.92 Å². The molecule has 0 radical (unpaired) electrons. The van der Waals surface area contributed by atoms with Crippen molar-refractivity contribution in [2.24, 2.45) is 5.73 Å². The van der Waals surface area contributed by atoms with Crippen molar-refractivity contribution in [2.75, 3.05) is 0 Å². The SMILES string of the molecule is C=CCC[C@@H](N)c1csc([N+](=O)[O-])c1.Cl. The van der Waals surface area contributed by atoms with Crippen LogP contribution in [0.5, 0.6) is 0 Å². The average Bonchev–Trinajstić information content (AvgIpc) is 2.62. The summed E-state index contributed by atoms with van der Waals surface area (Å²) in [5, 5.41) is 12.3. The fourth-order valence-corrected chi connectivity index (χ4v) is 1.88. The lowest BCUT2D eigenvalue weighted by Gasteiger charge is -2.06. The Morgan fingerprint density at radius 2 is 2.40 bits per heavy atom. The Labute approximate surface area is 98.4 Å². The third kappa shape index (κ3) is 3.99. The molecule has 0 spiro atoms. The predicted octanol–water partition coefficient (Wildman–Crippen LogP) is 3.04. The second-order valence-corrected chi connectivity index (χ2v) is 3.84. The van der Waals surface area contributed by atoms with Gasteiger partial charge in [0.25, 0.3) is 0 Å². The van der Waals surface area contributed by atoms with E-state index in [0.717, 1.165) is 29.7 Å². The number of nitrogens with zero attached hydrogens (tertiary/aromatic N) is 1. The molecule has 15 heavy (non-hydrogen) atoms. The van der Waals surface area contributed by atoms with E-state index in [0.29, 0.717) is 0 Å². The van der Waals surface area contributed by atoms with Crippen LogP contribution >= 0.6 is 23.7 Å². The van der Waals surface area contributed by atoms with Gasteiger partial charge in [0.15, 0.2) is 0 Å². The molecule has 0 saturated heterocycles. The van der Waals surface area contributed by atoms with E-state index in [2.05, 4.69) is 6.58 Å². The third-order valence-electron chi connectivity index (χ3n) is 1.90. The van der Waals surface area contributed by atoms with E-state index in [9.17, 15) is 10.1 Å². The smallest absolute Gasteiger partial charge is 0.324 e. The first kappa shape index (κ1) is 14.1. The molecule has 6 heteroatoms. The van der Waals surface area contributed by atoms with E-state index >= 15 is 0 Å². The number of rotatable bonds is 5. The highest BCUT2D eigenvalue weighted by Gasteiger charge is 2.13. The molecule has 4 nitrogen and oxygen atoms in total. The first-order chi connectivity index (χ1) is 6.65. The Bertz CT molecular complexity index is 341. The van der Waals surface area contributed by atoms with Crippen molar-refractivity contribution < 1.29 is 4.92 Å². The molecule has 0 fully saturated rings. The maximum absolute atomic E-state index is 10.4. The molecule has 0 unspecified atom stereocenters. The maximum atomic E-state index is 10.4.